The van der Waals surface area contributed by atoms with Crippen molar-refractivity contribution in [2.75, 3.05) is 5.73 Å². The fourth-order valence-electron chi connectivity index (χ4n) is 1.32. The molecule has 2 N–H and O–H groups in total. The number of hydrogen-bond donors (Lipinski definition) is 1. The highest BCUT2D eigenvalue weighted by Crippen LogP contribution is 2.28. The SMILES string of the molecule is CC(C)Oc1nc(N)nc(Sc2ccc(F)cc2F)n1. The van der Waals surface area contributed by atoms with Crippen molar-refractivity contribution >= 4 is 17.7 Å². The second-order valence-electron chi connectivity index (χ2n) is 4.10. The zero-order valence-electron chi connectivity index (χ0n) is 10.8. The summed E-state index contributed by atoms with van der Waals surface area (Å²) in [6.07, 6.45) is -0.128. The van der Waals surface area contributed by atoms with E-state index in [9.17, 15) is 8.78 Å². The van der Waals surface area contributed by atoms with Crippen LogP contribution in [0.3, 0.4) is 0 Å². The molecule has 20 heavy (non-hydrogen) atoms. The first kappa shape index (κ1) is 14.4. The summed E-state index contributed by atoms with van der Waals surface area (Å²) < 4.78 is 31.7. The molecule has 0 aliphatic rings. The van der Waals surface area contributed by atoms with Gasteiger partial charge in [0, 0.05) is 6.07 Å². The van der Waals surface area contributed by atoms with Gasteiger partial charge in [-0.1, -0.05) is 0 Å². The average molecular weight is 298 g/mol. The predicted octanol–water partition coefficient (Wildman–Crippen LogP) is 2.67. The van der Waals surface area contributed by atoms with Gasteiger partial charge in [-0.3, -0.25) is 0 Å². The third kappa shape index (κ3) is 3.77. The lowest BCUT2D eigenvalue weighted by atomic mass is 10.3. The van der Waals surface area contributed by atoms with Crippen molar-refractivity contribution in [2.24, 2.45) is 0 Å². The Morgan fingerprint density at radius 1 is 1.20 bits per heavy atom. The standard InChI is InChI=1S/C12H12F2N4OS/c1-6(2)19-11-16-10(15)17-12(18-11)20-9-4-3-7(13)5-8(9)14/h3-6H,1-2H3,(H2,15,16,17,18). The van der Waals surface area contributed by atoms with E-state index in [0.29, 0.717) is 0 Å². The van der Waals surface area contributed by atoms with E-state index in [4.69, 9.17) is 10.5 Å². The van der Waals surface area contributed by atoms with Crippen LogP contribution in [-0.4, -0.2) is 21.1 Å². The van der Waals surface area contributed by atoms with Crippen LogP contribution in [0.4, 0.5) is 14.7 Å². The molecular formula is C12H12F2N4OS. The zero-order valence-corrected chi connectivity index (χ0v) is 11.6. The molecule has 1 aromatic heterocycles. The van der Waals surface area contributed by atoms with Crippen LogP contribution in [-0.2, 0) is 0 Å². The second-order valence-corrected chi connectivity index (χ2v) is 5.11. The molecule has 0 fully saturated rings. The van der Waals surface area contributed by atoms with Gasteiger partial charge < -0.3 is 10.5 Å². The van der Waals surface area contributed by atoms with Crippen LogP contribution in [0.2, 0.25) is 0 Å². The highest BCUT2D eigenvalue weighted by molar-refractivity contribution is 7.99. The zero-order chi connectivity index (χ0) is 14.7. The van der Waals surface area contributed by atoms with E-state index in [2.05, 4.69) is 15.0 Å². The Kier molecular flexibility index (Phi) is 4.33. The summed E-state index contributed by atoms with van der Waals surface area (Å²) in [5.74, 6) is -1.37. The van der Waals surface area contributed by atoms with Gasteiger partial charge in [0.2, 0.25) is 11.1 Å². The number of hydrogen-bond acceptors (Lipinski definition) is 6. The van der Waals surface area contributed by atoms with Crippen LogP contribution in [0, 0.1) is 11.6 Å². The van der Waals surface area contributed by atoms with Gasteiger partial charge in [0.25, 0.3) is 0 Å². The van der Waals surface area contributed by atoms with Crippen LogP contribution in [0.5, 0.6) is 6.01 Å². The van der Waals surface area contributed by atoms with Crippen LogP contribution < -0.4 is 10.5 Å². The lowest BCUT2D eigenvalue weighted by Gasteiger charge is -2.09. The van der Waals surface area contributed by atoms with Crippen LogP contribution in [0.1, 0.15) is 13.8 Å². The van der Waals surface area contributed by atoms with Crippen molar-refractivity contribution in [2.45, 2.75) is 30.0 Å². The fraction of sp³-hybridized carbons (Fsp3) is 0.250. The van der Waals surface area contributed by atoms with Gasteiger partial charge in [0.15, 0.2) is 0 Å². The molecule has 0 unspecified atom stereocenters. The molecule has 0 radical (unpaired) electrons. The number of rotatable bonds is 4. The topological polar surface area (TPSA) is 73.9 Å². The van der Waals surface area contributed by atoms with E-state index >= 15 is 0 Å². The van der Waals surface area contributed by atoms with Gasteiger partial charge in [-0.25, -0.2) is 8.78 Å². The Balaban J connectivity index is 2.26. The first-order chi connectivity index (χ1) is 9.44. The lowest BCUT2D eigenvalue weighted by molar-refractivity contribution is 0.219. The summed E-state index contributed by atoms with van der Waals surface area (Å²) in [7, 11) is 0. The Labute approximate surface area is 118 Å². The molecule has 1 heterocycles. The predicted molar refractivity (Wildman–Crippen MR) is 70.5 cm³/mol. The highest BCUT2D eigenvalue weighted by Gasteiger charge is 2.11. The maximum atomic E-state index is 13.6. The van der Waals surface area contributed by atoms with Gasteiger partial charge in [0.1, 0.15) is 11.6 Å². The minimum atomic E-state index is -0.694. The van der Waals surface area contributed by atoms with Gasteiger partial charge >= 0.3 is 6.01 Å². The highest BCUT2D eigenvalue weighted by atomic mass is 32.2. The van der Waals surface area contributed by atoms with Crippen molar-refractivity contribution in [3.8, 4) is 6.01 Å². The normalized spacial score (nSPS) is 10.8. The van der Waals surface area contributed by atoms with E-state index < -0.39 is 11.6 Å². The summed E-state index contributed by atoms with van der Waals surface area (Å²) in [6.45, 7) is 3.62. The third-order valence-corrected chi connectivity index (χ3v) is 2.96. The Morgan fingerprint density at radius 2 is 1.95 bits per heavy atom. The van der Waals surface area contributed by atoms with Gasteiger partial charge in [0.05, 0.1) is 11.0 Å². The molecule has 0 aliphatic heterocycles. The number of ether oxygens (including phenoxy) is 1. The Bertz CT molecular complexity index is 624. The molecule has 106 valence electrons. The first-order valence-corrected chi connectivity index (χ1v) is 6.57. The smallest absolute Gasteiger partial charge is 0.322 e. The Hall–Kier alpha value is -1.96. The van der Waals surface area contributed by atoms with Gasteiger partial charge in [-0.15, -0.1) is 0 Å². The van der Waals surface area contributed by atoms with Crippen molar-refractivity contribution in [3.05, 3.63) is 29.8 Å². The summed E-state index contributed by atoms with van der Waals surface area (Å²) in [5, 5.41) is 0.179. The minimum Gasteiger partial charge on any atom is -0.461 e. The molecule has 2 aromatic rings. The van der Waals surface area contributed by atoms with Crippen LogP contribution in [0.25, 0.3) is 0 Å². The Morgan fingerprint density at radius 3 is 2.60 bits per heavy atom. The van der Waals surface area contributed by atoms with Crippen molar-refractivity contribution in [3.63, 3.8) is 0 Å². The number of nitrogens with zero attached hydrogens (tertiary/aromatic N) is 3. The van der Waals surface area contributed by atoms with E-state index in [1.54, 1.807) is 0 Å². The molecule has 0 saturated heterocycles. The molecule has 8 heteroatoms. The molecular weight excluding hydrogens is 286 g/mol. The third-order valence-electron chi connectivity index (χ3n) is 2.05. The van der Waals surface area contributed by atoms with E-state index in [1.165, 1.54) is 6.07 Å². The van der Waals surface area contributed by atoms with Crippen molar-refractivity contribution in [1.29, 1.82) is 0 Å². The molecule has 0 spiro atoms. The summed E-state index contributed by atoms with van der Waals surface area (Å²) in [4.78, 5) is 11.9. The first-order valence-electron chi connectivity index (χ1n) is 5.75. The van der Waals surface area contributed by atoms with E-state index in [-0.39, 0.29) is 28.1 Å². The van der Waals surface area contributed by atoms with E-state index in [0.717, 1.165) is 23.9 Å². The van der Waals surface area contributed by atoms with E-state index in [1.807, 2.05) is 13.8 Å². The number of aromatic nitrogens is 3. The molecule has 2 rings (SSSR count). The molecule has 1 aromatic carbocycles. The number of nitrogens with two attached hydrogens (primary N) is 1. The van der Waals surface area contributed by atoms with Gasteiger partial charge in [-0.2, -0.15) is 15.0 Å². The molecule has 0 atom stereocenters. The summed E-state index contributed by atoms with van der Waals surface area (Å²) in [6, 6.07) is 3.32. The maximum absolute atomic E-state index is 13.6. The number of anilines is 1. The van der Waals surface area contributed by atoms with Crippen LogP contribution in [0.15, 0.2) is 28.3 Å². The molecule has 0 aliphatic carbocycles. The lowest BCUT2D eigenvalue weighted by Crippen LogP contribution is -2.10. The number of benzene rings is 1. The minimum absolute atomic E-state index is 0.0272. The quantitative estimate of drug-likeness (QED) is 0.935. The second kappa shape index (κ2) is 6.00. The number of halogens is 2. The molecule has 0 amide bonds. The monoisotopic (exact) mass is 298 g/mol. The molecule has 0 bridgehead atoms. The summed E-state index contributed by atoms with van der Waals surface area (Å²) >= 11 is 0.914. The summed E-state index contributed by atoms with van der Waals surface area (Å²) in [5.41, 5.74) is 5.54. The molecule has 5 nitrogen and oxygen atoms in total. The maximum Gasteiger partial charge on any atom is 0.322 e. The van der Waals surface area contributed by atoms with Crippen molar-refractivity contribution < 1.29 is 13.5 Å². The average Bonchev–Trinajstić information content (AvgIpc) is 2.31. The number of nitrogen functional groups attached to an aromatic ring is 1. The van der Waals surface area contributed by atoms with Gasteiger partial charge in [-0.05, 0) is 37.7 Å². The fourth-order valence-corrected chi connectivity index (χ4v) is 2.07. The van der Waals surface area contributed by atoms with Crippen molar-refractivity contribution in [1.82, 2.24) is 15.0 Å². The van der Waals surface area contributed by atoms with Crippen LogP contribution >= 0.6 is 11.8 Å². The largest absolute Gasteiger partial charge is 0.461 e. The molecule has 0 saturated carbocycles.